The quantitative estimate of drug-likeness (QED) is 0.806. The molecule has 0 aromatic carbocycles. The monoisotopic (exact) mass is 297 g/mol. The van der Waals surface area contributed by atoms with Gasteiger partial charge in [-0.05, 0) is 19.3 Å². The fourth-order valence-electron chi connectivity index (χ4n) is 2.69. The highest BCUT2D eigenvalue weighted by Gasteiger charge is 2.38. The molecule has 2 aliphatic rings. The Hall–Kier alpha value is -1.67. The number of carboxylic acid groups (broad SMARTS) is 1. The van der Waals surface area contributed by atoms with E-state index < -0.39 is 22.0 Å². The van der Waals surface area contributed by atoms with Crippen molar-refractivity contribution in [3.8, 4) is 0 Å². The fourth-order valence-corrected chi connectivity index (χ4v) is 4.37. The molecule has 1 unspecified atom stereocenters. The molecule has 1 aromatic heterocycles. The first kappa shape index (κ1) is 13.3. The number of aromatic nitrogens is 2. The number of hydrogen-bond acceptors (Lipinski definition) is 4. The van der Waals surface area contributed by atoms with Gasteiger partial charge < -0.3 is 5.11 Å². The van der Waals surface area contributed by atoms with E-state index >= 15 is 0 Å². The lowest BCUT2D eigenvalue weighted by molar-refractivity contribution is -0.139. The molecule has 0 saturated heterocycles. The zero-order chi connectivity index (χ0) is 14.3. The molecule has 3 rings (SSSR count). The van der Waals surface area contributed by atoms with Gasteiger partial charge in [-0.2, -0.15) is 9.40 Å². The Labute approximate surface area is 116 Å². The lowest BCUT2D eigenvalue weighted by Crippen LogP contribution is -2.41. The summed E-state index contributed by atoms with van der Waals surface area (Å²) in [7, 11) is -3.82. The van der Waals surface area contributed by atoms with Crippen molar-refractivity contribution in [1.82, 2.24) is 14.1 Å². The SMILES string of the molecule is O=C(O)C1C=CCN1S(=O)(=O)c1cnn2c1CCCC2. The van der Waals surface area contributed by atoms with Crippen LogP contribution in [0.4, 0.5) is 0 Å². The van der Waals surface area contributed by atoms with Crippen molar-refractivity contribution in [3.05, 3.63) is 24.0 Å². The Morgan fingerprint density at radius 3 is 2.95 bits per heavy atom. The second kappa shape index (κ2) is 4.71. The summed E-state index contributed by atoms with van der Waals surface area (Å²) in [4.78, 5) is 11.3. The highest BCUT2D eigenvalue weighted by atomic mass is 32.2. The van der Waals surface area contributed by atoms with Crippen LogP contribution in [0, 0.1) is 0 Å². The third kappa shape index (κ3) is 1.95. The van der Waals surface area contributed by atoms with Gasteiger partial charge in [0.05, 0.1) is 11.9 Å². The first-order valence-electron chi connectivity index (χ1n) is 6.48. The molecule has 1 N–H and O–H groups in total. The van der Waals surface area contributed by atoms with E-state index in [0.29, 0.717) is 18.7 Å². The summed E-state index contributed by atoms with van der Waals surface area (Å²) in [6, 6.07) is -1.13. The lowest BCUT2D eigenvalue weighted by Gasteiger charge is -2.22. The maximum absolute atomic E-state index is 12.7. The maximum Gasteiger partial charge on any atom is 0.326 e. The zero-order valence-corrected chi connectivity index (χ0v) is 11.6. The van der Waals surface area contributed by atoms with Crippen LogP contribution in [0.25, 0.3) is 0 Å². The van der Waals surface area contributed by atoms with E-state index in [1.54, 1.807) is 10.8 Å². The van der Waals surface area contributed by atoms with E-state index in [4.69, 9.17) is 5.11 Å². The molecule has 0 aliphatic carbocycles. The number of hydrogen-bond donors (Lipinski definition) is 1. The van der Waals surface area contributed by atoms with Gasteiger partial charge in [0.2, 0.25) is 10.0 Å². The fraction of sp³-hybridized carbons (Fsp3) is 0.500. The molecular weight excluding hydrogens is 282 g/mol. The largest absolute Gasteiger partial charge is 0.480 e. The highest BCUT2D eigenvalue weighted by molar-refractivity contribution is 7.89. The summed E-state index contributed by atoms with van der Waals surface area (Å²) in [6.45, 7) is 0.801. The molecule has 0 fully saturated rings. The van der Waals surface area contributed by atoms with Crippen molar-refractivity contribution in [2.45, 2.75) is 36.7 Å². The number of nitrogens with zero attached hydrogens (tertiary/aromatic N) is 3. The molecule has 3 heterocycles. The molecule has 0 saturated carbocycles. The van der Waals surface area contributed by atoms with E-state index in [0.717, 1.165) is 17.1 Å². The summed E-state index contributed by atoms with van der Waals surface area (Å²) in [5, 5.41) is 13.2. The molecule has 0 amide bonds. The molecule has 1 atom stereocenters. The summed E-state index contributed by atoms with van der Waals surface area (Å²) in [6.07, 6.45) is 6.87. The summed E-state index contributed by atoms with van der Waals surface area (Å²) >= 11 is 0. The minimum Gasteiger partial charge on any atom is -0.480 e. The van der Waals surface area contributed by atoms with Gasteiger partial charge >= 0.3 is 5.97 Å². The Morgan fingerprint density at radius 1 is 1.40 bits per heavy atom. The predicted octanol–water partition coefficient (Wildman–Crippen LogP) is 0.233. The van der Waals surface area contributed by atoms with Crippen molar-refractivity contribution >= 4 is 16.0 Å². The van der Waals surface area contributed by atoms with Crippen LogP contribution < -0.4 is 0 Å². The van der Waals surface area contributed by atoms with E-state index in [1.807, 2.05) is 0 Å². The normalized spacial score (nSPS) is 22.9. The number of sulfonamides is 1. The van der Waals surface area contributed by atoms with Crippen molar-refractivity contribution in [2.75, 3.05) is 6.54 Å². The molecule has 8 heteroatoms. The van der Waals surface area contributed by atoms with Gasteiger partial charge in [-0.3, -0.25) is 9.48 Å². The van der Waals surface area contributed by atoms with Gasteiger partial charge in [-0.1, -0.05) is 12.2 Å². The minimum atomic E-state index is -3.82. The van der Waals surface area contributed by atoms with Gasteiger partial charge in [-0.15, -0.1) is 0 Å². The van der Waals surface area contributed by atoms with Gasteiger partial charge in [0.15, 0.2) is 0 Å². The number of rotatable bonds is 3. The topological polar surface area (TPSA) is 92.5 Å². The Morgan fingerprint density at radius 2 is 2.20 bits per heavy atom. The van der Waals surface area contributed by atoms with Crippen molar-refractivity contribution < 1.29 is 18.3 Å². The molecule has 0 bridgehead atoms. The molecule has 0 spiro atoms. The average Bonchev–Trinajstić information content (AvgIpc) is 3.06. The van der Waals surface area contributed by atoms with Gasteiger partial charge in [0.25, 0.3) is 0 Å². The molecule has 0 radical (unpaired) electrons. The Balaban J connectivity index is 2.00. The van der Waals surface area contributed by atoms with Crippen molar-refractivity contribution in [3.63, 3.8) is 0 Å². The second-order valence-electron chi connectivity index (χ2n) is 4.92. The summed E-state index contributed by atoms with van der Waals surface area (Å²) in [5.74, 6) is -1.16. The third-order valence-corrected chi connectivity index (χ3v) is 5.59. The highest BCUT2D eigenvalue weighted by Crippen LogP contribution is 2.27. The van der Waals surface area contributed by atoms with Crippen LogP contribution in [-0.4, -0.2) is 46.2 Å². The van der Waals surface area contributed by atoms with E-state index in [9.17, 15) is 13.2 Å². The van der Waals surface area contributed by atoms with Crippen LogP contribution in [0.15, 0.2) is 23.2 Å². The number of carbonyl (C=O) groups is 1. The van der Waals surface area contributed by atoms with Crippen molar-refractivity contribution in [1.29, 1.82) is 0 Å². The molecule has 7 nitrogen and oxygen atoms in total. The Bertz CT molecular complexity index is 677. The number of aliphatic carboxylic acids is 1. The average molecular weight is 297 g/mol. The molecule has 108 valence electrons. The van der Waals surface area contributed by atoms with Crippen LogP contribution in [0.5, 0.6) is 0 Å². The number of carboxylic acids is 1. The van der Waals surface area contributed by atoms with Crippen LogP contribution in [0.1, 0.15) is 18.5 Å². The van der Waals surface area contributed by atoms with E-state index in [-0.39, 0.29) is 11.4 Å². The molecule has 20 heavy (non-hydrogen) atoms. The Kier molecular flexibility index (Phi) is 3.14. The van der Waals surface area contributed by atoms with Crippen molar-refractivity contribution in [2.24, 2.45) is 0 Å². The van der Waals surface area contributed by atoms with E-state index in [2.05, 4.69) is 5.10 Å². The zero-order valence-electron chi connectivity index (χ0n) is 10.8. The smallest absolute Gasteiger partial charge is 0.326 e. The number of aryl methyl sites for hydroxylation is 1. The first-order valence-corrected chi connectivity index (χ1v) is 7.92. The van der Waals surface area contributed by atoms with Crippen LogP contribution in [-0.2, 0) is 27.8 Å². The molecular formula is C12H15N3O4S. The van der Waals surface area contributed by atoms with Gasteiger partial charge in [-0.25, -0.2) is 8.42 Å². The summed E-state index contributed by atoms with van der Waals surface area (Å²) in [5.41, 5.74) is 0.687. The lowest BCUT2D eigenvalue weighted by atomic mass is 10.1. The standard InChI is InChI=1S/C12H15N3O4S/c16-12(17)10-5-3-7-15(10)20(18,19)11-8-13-14-6-2-1-4-9(11)14/h3,5,8,10H,1-2,4,6-7H2,(H,16,17). The predicted molar refractivity (Wildman–Crippen MR) is 69.6 cm³/mol. The second-order valence-corrected chi connectivity index (χ2v) is 6.78. The van der Waals surface area contributed by atoms with Crippen LogP contribution in [0.2, 0.25) is 0 Å². The summed E-state index contributed by atoms with van der Waals surface area (Å²) < 4.78 is 28.0. The minimum absolute atomic E-state index is 0.0872. The third-order valence-electron chi connectivity index (χ3n) is 3.70. The molecule has 2 aliphatic heterocycles. The van der Waals surface area contributed by atoms with Crippen LogP contribution in [0.3, 0.4) is 0 Å². The van der Waals surface area contributed by atoms with Crippen LogP contribution >= 0.6 is 0 Å². The number of fused-ring (bicyclic) bond motifs is 1. The van der Waals surface area contributed by atoms with E-state index in [1.165, 1.54) is 12.3 Å². The van der Waals surface area contributed by atoms with Gasteiger partial charge in [0.1, 0.15) is 10.9 Å². The first-order chi connectivity index (χ1) is 9.51. The maximum atomic E-state index is 12.7. The molecule has 1 aromatic rings. The van der Waals surface area contributed by atoms with Gasteiger partial charge in [0, 0.05) is 13.1 Å².